The highest BCUT2D eigenvalue weighted by atomic mass is 79.9. The standard InChI is InChI=1S/C68H112N4O2.C3H8.4BrH/c1-13-69(14-2,15-3)53-29-25-27-35-59-37-41-61(42-38-59)67(63-45-49-65(50-46-63)73-57-33-31-55-71(19-7,20-8)21-9)68(62-43-39-60(40-44-62)36-28-26-30-54-70(16-4,17-5)18-6)64-47-51-66(52-48-64)74-58-34-32-56-72(22-10,23-11)24-12;1-3-2;;;;/h37-52H,13-36,53-58H2,1-12H3;3H2,1-2H3;4*1H/q+4;;;;;/p-4/b68-67+;;;;;. The molecule has 0 bridgehead atoms. The smallest absolute Gasteiger partial charge is 0.119 e. The Morgan fingerprint density at radius 1 is 0.272 bits per heavy atom. The molecule has 0 fully saturated rings. The Bertz CT molecular complexity index is 1810. The van der Waals surface area contributed by atoms with E-state index in [1.165, 1.54) is 225 Å². The summed E-state index contributed by atoms with van der Waals surface area (Å²) in [7, 11) is 0. The number of ether oxygens (including phenoxy) is 2. The van der Waals surface area contributed by atoms with Crippen molar-refractivity contribution in [3.8, 4) is 11.5 Å². The lowest BCUT2D eigenvalue weighted by Crippen LogP contribution is -3.00. The van der Waals surface area contributed by atoms with Gasteiger partial charge in [0.05, 0.1) is 118 Å². The summed E-state index contributed by atoms with van der Waals surface area (Å²) in [6, 6.07) is 37.1. The van der Waals surface area contributed by atoms with Crippen LogP contribution in [0.3, 0.4) is 0 Å². The van der Waals surface area contributed by atoms with Crippen LogP contribution in [0.4, 0.5) is 0 Å². The maximum atomic E-state index is 6.45. The lowest BCUT2D eigenvalue weighted by molar-refractivity contribution is -0.923. The first kappa shape index (κ1) is 81.0. The first-order chi connectivity index (χ1) is 37.4. The van der Waals surface area contributed by atoms with Crippen LogP contribution in [0.2, 0.25) is 0 Å². The highest BCUT2D eigenvalue weighted by Gasteiger charge is 2.23. The normalized spacial score (nSPS) is 11.9. The molecule has 10 heteroatoms. The van der Waals surface area contributed by atoms with E-state index in [9.17, 15) is 0 Å². The van der Waals surface area contributed by atoms with E-state index in [1.54, 1.807) is 0 Å². The first-order valence-corrected chi connectivity index (χ1v) is 32.2. The maximum Gasteiger partial charge on any atom is 0.119 e. The van der Waals surface area contributed by atoms with E-state index in [4.69, 9.17) is 9.47 Å². The SMILES string of the molecule is CCC.CC[N+](CC)(CC)CCCCCc1ccc(/C(=C(/c2ccc(CCCCC[N+](CC)(CC)CC)cc2)c2ccc(OCCCC[N+](CC)(CC)CC)cc2)c2ccc(OCCCC[N+](CC)(CC)CC)cc2)cc1.[Br-].[Br-].[Br-].[Br-]. The highest BCUT2D eigenvalue weighted by Crippen LogP contribution is 2.38. The van der Waals surface area contributed by atoms with Crippen LogP contribution in [-0.4, -0.2) is 136 Å². The number of halogens is 4. The van der Waals surface area contributed by atoms with Gasteiger partial charge >= 0.3 is 0 Å². The summed E-state index contributed by atoms with van der Waals surface area (Å²) < 4.78 is 17.8. The number of benzene rings is 4. The van der Waals surface area contributed by atoms with Gasteiger partial charge in [-0.2, -0.15) is 0 Å². The van der Waals surface area contributed by atoms with E-state index in [2.05, 4.69) is 194 Å². The fraction of sp³-hybridized carbons (Fsp3) is 0.634. The minimum atomic E-state index is 0. The summed E-state index contributed by atoms with van der Waals surface area (Å²) in [4.78, 5) is 0. The van der Waals surface area contributed by atoms with E-state index < -0.39 is 0 Å². The Labute approximate surface area is 542 Å². The molecular formula is C71H120Br4N4O2. The number of unbranched alkanes of at least 4 members (excludes halogenated alkanes) is 6. The number of nitrogens with zero attached hydrogens (tertiary/aromatic N) is 4. The van der Waals surface area contributed by atoms with Gasteiger partial charge in [0.1, 0.15) is 11.5 Å². The lowest BCUT2D eigenvalue weighted by atomic mass is 9.85. The molecule has 0 atom stereocenters. The molecule has 0 saturated carbocycles. The molecule has 0 aliphatic heterocycles. The molecule has 4 rings (SSSR count). The number of hydrogen-bond donors (Lipinski definition) is 0. The van der Waals surface area contributed by atoms with Crippen molar-refractivity contribution in [1.82, 2.24) is 0 Å². The minimum Gasteiger partial charge on any atom is -1.00 e. The van der Waals surface area contributed by atoms with Gasteiger partial charge in [-0.15, -0.1) is 0 Å². The van der Waals surface area contributed by atoms with Crippen LogP contribution < -0.4 is 77.4 Å². The fourth-order valence-corrected chi connectivity index (χ4v) is 12.0. The van der Waals surface area contributed by atoms with E-state index in [0.29, 0.717) is 0 Å². The summed E-state index contributed by atoms with van der Waals surface area (Å²) in [6.45, 7) is 53.5. The van der Waals surface area contributed by atoms with Crippen LogP contribution in [0.5, 0.6) is 11.5 Å². The zero-order valence-corrected chi connectivity index (χ0v) is 60.6. The van der Waals surface area contributed by atoms with Crippen LogP contribution in [0, 0.1) is 0 Å². The van der Waals surface area contributed by atoms with Crippen molar-refractivity contribution < 1.29 is 95.3 Å². The highest BCUT2D eigenvalue weighted by molar-refractivity contribution is 6.04. The second-order valence-corrected chi connectivity index (χ2v) is 22.7. The minimum absolute atomic E-state index is 0. The maximum absolute atomic E-state index is 6.45. The van der Waals surface area contributed by atoms with Crippen molar-refractivity contribution in [3.63, 3.8) is 0 Å². The second kappa shape index (κ2) is 45.3. The third-order valence-corrected chi connectivity index (χ3v) is 18.9. The molecule has 0 amide bonds. The average molecular weight is 1380 g/mol. The summed E-state index contributed by atoms with van der Waals surface area (Å²) >= 11 is 0. The molecule has 0 N–H and O–H groups in total. The lowest BCUT2D eigenvalue weighted by Gasteiger charge is -2.35. The van der Waals surface area contributed by atoms with Crippen molar-refractivity contribution in [3.05, 3.63) is 130 Å². The Kier molecular flexibility index (Phi) is 45.3. The van der Waals surface area contributed by atoms with Crippen LogP contribution in [-0.2, 0) is 12.8 Å². The predicted octanol–water partition coefficient (Wildman–Crippen LogP) is 5.38. The molecular weight excluding hydrogens is 1260 g/mol. The van der Waals surface area contributed by atoms with Gasteiger partial charge in [-0.3, -0.25) is 0 Å². The molecule has 0 heterocycles. The number of quaternary nitrogens is 4. The van der Waals surface area contributed by atoms with E-state index >= 15 is 0 Å². The van der Waals surface area contributed by atoms with Crippen molar-refractivity contribution in [2.24, 2.45) is 0 Å². The topological polar surface area (TPSA) is 18.5 Å². The van der Waals surface area contributed by atoms with Crippen molar-refractivity contribution in [2.45, 2.75) is 180 Å². The molecule has 0 aliphatic carbocycles. The summed E-state index contributed by atoms with van der Waals surface area (Å²) in [5.74, 6) is 1.89. The van der Waals surface area contributed by atoms with Gasteiger partial charge in [-0.25, -0.2) is 0 Å². The van der Waals surface area contributed by atoms with Gasteiger partial charge in [0, 0.05) is 0 Å². The van der Waals surface area contributed by atoms with Gasteiger partial charge in [0.25, 0.3) is 0 Å². The molecule has 81 heavy (non-hydrogen) atoms. The fourth-order valence-electron chi connectivity index (χ4n) is 12.0. The van der Waals surface area contributed by atoms with Crippen LogP contribution in [0.1, 0.15) is 201 Å². The molecule has 0 aromatic heterocycles. The third-order valence-electron chi connectivity index (χ3n) is 18.9. The quantitative estimate of drug-likeness (QED) is 0.0339. The Morgan fingerprint density at radius 3 is 0.704 bits per heavy atom. The van der Waals surface area contributed by atoms with Crippen LogP contribution in [0.25, 0.3) is 11.1 Å². The van der Waals surface area contributed by atoms with Crippen LogP contribution >= 0.6 is 0 Å². The molecule has 0 radical (unpaired) electrons. The Hall–Kier alpha value is -2.02. The monoisotopic (exact) mass is 1380 g/mol. The van der Waals surface area contributed by atoms with E-state index in [-0.39, 0.29) is 67.9 Å². The van der Waals surface area contributed by atoms with Gasteiger partial charge in [0.2, 0.25) is 0 Å². The van der Waals surface area contributed by atoms with Crippen LogP contribution in [0.15, 0.2) is 97.1 Å². The Balaban J connectivity index is 0. The second-order valence-electron chi connectivity index (χ2n) is 22.7. The predicted molar refractivity (Wildman–Crippen MR) is 338 cm³/mol. The third kappa shape index (κ3) is 26.6. The van der Waals surface area contributed by atoms with Gasteiger partial charge in [-0.05, 0) is 229 Å². The molecule has 0 aliphatic rings. The number of aryl methyl sites for hydroxylation is 2. The molecule has 0 saturated heterocycles. The molecule has 6 nitrogen and oxygen atoms in total. The molecule has 0 spiro atoms. The van der Waals surface area contributed by atoms with Crippen molar-refractivity contribution in [1.29, 1.82) is 0 Å². The number of rotatable bonds is 40. The average Bonchev–Trinajstić information content (AvgIpc) is 3.48. The zero-order chi connectivity index (χ0) is 56.4. The van der Waals surface area contributed by atoms with Gasteiger partial charge in [-0.1, -0.05) is 93.1 Å². The van der Waals surface area contributed by atoms with Crippen molar-refractivity contribution >= 4 is 11.1 Å². The molecule has 0 unspecified atom stereocenters. The van der Waals surface area contributed by atoms with Gasteiger partial charge < -0.3 is 95.3 Å². The van der Waals surface area contributed by atoms with Gasteiger partial charge in [0.15, 0.2) is 0 Å². The largest absolute Gasteiger partial charge is 1.00 e. The zero-order valence-electron chi connectivity index (χ0n) is 54.3. The van der Waals surface area contributed by atoms with E-state index in [0.717, 1.165) is 50.4 Å². The number of hydrogen-bond acceptors (Lipinski definition) is 2. The van der Waals surface area contributed by atoms with E-state index in [1.807, 2.05) is 0 Å². The summed E-state index contributed by atoms with van der Waals surface area (Å²) in [6.07, 6.45) is 15.6. The molecule has 4 aromatic carbocycles. The summed E-state index contributed by atoms with van der Waals surface area (Å²) in [5, 5.41) is 0. The molecule has 4 aromatic rings. The first-order valence-electron chi connectivity index (χ1n) is 32.2. The molecule has 464 valence electrons. The summed E-state index contributed by atoms with van der Waals surface area (Å²) in [5.41, 5.74) is 10.2. The van der Waals surface area contributed by atoms with Crippen molar-refractivity contribution in [2.75, 3.05) is 118 Å². The Morgan fingerprint density at radius 2 is 0.481 bits per heavy atom.